The van der Waals surface area contributed by atoms with Crippen LogP contribution in [0.1, 0.15) is 23.6 Å². The minimum atomic E-state index is -0.907. The second kappa shape index (κ2) is 9.95. The maximum Gasteiger partial charge on any atom is 0.245 e. The zero-order valence-electron chi connectivity index (χ0n) is 20.1. The Morgan fingerprint density at radius 3 is 2.20 bits per heavy atom. The minimum absolute atomic E-state index is 0.0683. The van der Waals surface area contributed by atoms with Gasteiger partial charge in [0, 0.05) is 5.69 Å². The molecule has 0 saturated heterocycles. The summed E-state index contributed by atoms with van der Waals surface area (Å²) < 4.78 is 16.1. The molecule has 1 aliphatic carbocycles. The van der Waals surface area contributed by atoms with Gasteiger partial charge >= 0.3 is 0 Å². The van der Waals surface area contributed by atoms with E-state index in [9.17, 15) is 9.90 Å². The van der Waals surface area contributed by atoms with E-state index >= 15 is 0 Å². The maximum atomic E-state index is 13.1. The number of rotatable bonds is 7. The molecule has 1 amide bonds. The third kappa shape index (κ3) is 4.58. The van der Waals surface area contributed by atoms with Crippen molar-refractivity contribution in [3.63, 3.8) is 0 Å². The van der Waals surface area contributed by atoms with Crippen molar-refractivity contribution in [2.24, 2.45) is 5.73 Å². The Morgan fingerprint density at radius 1 is 0.943 bits per heavy atom. The molecule has 0 heterocycles. The molecule has 0 spiro atoms. The second-order valence-corrected chi connectivity index (χ2v) is 8.12. The number of benzene rings is 3. The molecule has 180 valence electrons. The van der Waals surface area contributed by atoms with E-state index in [1.165, 1.54) is 14.2 Å². The Labute approximate surface area is 204 Å². The largest absolute Gasteiger partial charge is 0.502 e. The number of methoxy groups -OCH3 is 3. The van der Waals surface area contributed by atoms with E-state index in [0.29, 0.717) is 22.9 Å². The molecule has 35 heavy (non-hydrogen) atoms. The lowest BCUT2D eigenvalue weighted by molar-refractivity contribution is -0.116. The molecular formula is C28H28N2O5. The molecule has 7 heteroatoms. The standard InChI is InChI=1S/C28H28N2O5/c1-16-21(12-17-13-23(34-3)27(31)24(14-17)35-4)20-11-10-19(33-2)15-22(20)25(16)26(29)28(32)30-18-8-6-5-7-9-18/h5-15,26,31H,29H2,1-4H3,(H,30,32)/b21-12-. The van der Waals surface area contributed by atoms with Crippen molar-refractivity contribution in [2.45, 2.75) is 13.0 Å². The fourth-order valence-electron chi connectivity index (χ4n) is 4.28. The predicted octanol–water partition coefficient (Wildman–Crippen LogP) is 4.71. The van der Waals surface area contributed by atoms with Crippen LogP contribution in [0.15, 0.2) is 66.2 Å². The highest BCUT2D eigenvalue weighted by molar-refractivity contribution is 6.13. The lowest BCUT2D eigenvalue weighted by Gasteiger charge is -2.16. The first kappa shape index (κ1) is 23.9. The molecule has 0 fully saturated rings. The van der Waals surface area contributed by atoms with Crippen LogP contribution in [-0.2, 0) is 4.79 Å². The summed E-state index contributed by atoms with van der Waals surface area (Å²) in [6.45, 7) is 1.94. The Balaban J connectivity index is 1.81. The molecule has 1 atom stereocenters. The van der Waals surface area contributed by atoms with Gasteiger partial charge in [-0.2, -0.15) is 0 Å². The molecule has 0 bridgehead atoms. The highest BCUT2D eigenvalue weighted by Gasteiger charge is 2.31. The fourth-order valence-corrected chi connectivity index (χ4v) is 4.28. The predicted molar refractivity (Wildman–Crippen MR) is 138 cm³/mol. The van der Waals surface area contributed by atoms with Gasteiger partial charge in [0.05, 0.1) is 21.3 Å². The SMILES string of the molecule is COc1ccc2c(c1)C(C(N)C(=O)Nc1ccccc1)=C(C)/C2=C/c1cc(OC)c(O)c(OC)c1. The van der Waals surface area contributed by atoms with E-state index in [0.717, 1.165) is 33.4 Å². The zero-order chi connectivity index (χ0) is 25.1. The number of amides is 1. The minimum Gasteiger partial charge on any atom is -0.502 e. The number of carbonyl (C=O) groups excluding carboxylic acids is 1. The molecule has 7 nitrogen and oxygen atoms in total. The summed E-state index contributed by atoms with van der Waals surface area (Å²) in [6.07, 6.45) is 1.96. The van der Waals surface area contributed by atoms with Crippen LogP contribution in [0.3, 0.4) is 0 Å². The summed E-state index contributed by atoms with van der Waals surface area (Å²) in [5.41, 5.74) is 12.2. The van der Waals surface area contributed by atoms with E-state index < -0.39 is 6.04 Å². The van der Waals surface area contributed by atoms with Gasteiger partial charge in [-0.05, 0) is 82.8 Å². The van der Waals surface area contributed by atoms with Crippen molar-refractivity contribution in [1.82, 2.24) is 0 Å². The fraction of sp³-hybridized carbons (Fsp3) is 0.179. The summed E-state index contributed by atoms with van der Waals surface area (Å²) in [5, 5.41) is 13.2. The van der Waals surface area contributed by atoms with Crippen LogP contribution in [0, 0.1) is 0 Å². The third-order valence-electron chi connectivity index (χ3n) is 6.06. The molecule has 0 radical (unpaired) electrons. The third-order valence-corrected chi connectivity index (χ3v) is 6.06. The number of nitrogens with two attached hydrogens (primary N) is 1. The monoisotopic (exact) mass is 472 g/mol. The number of anilines is 1. The molecule has 4 rings (SSSR count). The van der Waals surface area contributed by atoms with Crippen LogP contribution >= 0.6 is 0 Å². The number of nitrogens with one attached hydrogen (secondary N) is 1. The number of hydrogen-bond acceptors (Lipinski definition) is 6. The molecule has 0 aromatic heterocycles. The van der Waals surface area contributed by atoms with Gasteiger partial charge in [-0.15, -0.1) is 0 Å². The van der Waals surface area contributed by atoms with Crippen LogP contribution in [0.25, 0.3) is 17.2 Å². The first-order valence-corrected chi connectivity index (χ1v) is 11.1. The molecule has 1 aliphatic rings. The summed E-state index contributed by atoms with van der Waals surface area (Å²) in [5.74, 6) is 0.878. The highest BCUT2D eigenvalue weighted by Crippen LogP contribution is 2.46. The number of allylic oxidation sites excluding steroid dienone is 2. The summed E-state index contributed by atoms with van der Waals surface area (Å²) >= 11 is 0. The summed E-state index contributed by atoms with van der Waals surface area (Å²) in [6, 6.07) is 17.5. The van der Waals surface area contributed by atoms with Gasteiger partial charge in [0.2, 0.25) is 11.7 Å². The zero-order valence-corrected chi connectivity index (χ0v) is 20.1. The number of ether oxygens (including phenoxy) is 3. The Bertz CT molecular complexity index is 1300. The van der Waals surface area contributed by atoms with E-state index in [4.69, 9.17) is 19.9 Å². The average Bonchev–Trinajstić information content (AvgIpc) is 3.14. The van der Waals surface area contributed by atoms with Gasteiger partial charge in [-0.3, -0.25) is 4.79 Å². The first-order valence-electron chi connectivity index (χ1n) is 11.1. The summed E-state index contributed by atoms with van der Waals surface area (Å²) in [4.78, 5) is 13.1. The molecule has 3 aromatic rings. The van der Waals surface area contributed by atoms with Gasteiger partial charge in [-0.1, -0.05) is 24.3 Å². The van der Waals surface area contributed by atoms with Crippen LogP contribution in [0.4, 0.5) is 5.69 Å². The van der Waals surface area contributed by atoms with Gasteiger partial charge in [0.25, 0.3) is 0 Å². The normalized spacial score (nSPS) is 14.5. The van der Waals surface area contributed by atoms with E-state index in [-0.39, 0.29) is 11.7 Å². The van der Waals surface area contributed by atoms with Gasteiger partial charge in [0.1, 0.15) is 11.8 Å². The Morgan fingerprint density at radius 2 is 1.60 bits per heavy atom. The number of hydrogen-bond donors (Lipinski definition) is 3. The Hall–Kier alpha value is -4.23. The number of carbonyl (C=O) groups is 1. The number of aromatic hydroxyl groups is 1. The van der Waals surface area contributed by atoms with Crippen molar-refractivity contribution in [3.8, 4) is 23.0 Å². The van der Waals surface area contributed by atoms with Crippen molar-refractivity contribution in [3.05, 3.63) is 82.9 Å². The molecule has 0 aliphatic heterocycles. The van der Waals surface area contributed by atoms with E-state index in [2.05, 4.69) is 5.32 Å². The van der Waals surface area contributed by atoms with Crippen molar-refractivity contribution < 1.29 is 24.1 Å². The van der Waals surface area contributed by atoms with Gasteiger partial charge < -0.3 is 30.4 Å². The van der Waals surface area contributed by atoms with E-state index in [1.807, 2.05) is 61.5 Å². The van der Waals surface area contributed by atoms with E-state index in [1.54, 1.807) is 19.2 Å². The highest BCUT2D eigenvalue weighted by atomic mass is 16.5. The van der Waals surface area contributed by atoms with Crippen LogP contribution < -0.4 is 25.3 Å². The van der Waals surface area contributed by atoms with Gasteiger partial charge in [0.15, 0.2) is 11.5 Å². The lowest BCUT2D eigenvalue weighted by Crippen LogP contribution is -2.36. The van der Waals surface area contributed by atoms with Crippen LogP contribution in [-0.4, -0.2) is 38.4 Å². The second-order valence-electron chi connectivity index (χ2n) is 8.12. The van der Waals surface area contributed by atoms with Crippen molar-refractivity contribution in [1.29, 1.82) is 0 Å². The number of para-hydroxylation sites is 1. The molecule has 3 aromatic carbocycles. The molecular weight excluding hydrogens is 444 g/mol. The average molecular weight is 473 g/mol. The van der Waals surface area contributed by atoms with Crippen LogP contribution in [0.2, 0.25) is 0 Å². The maximum absolute atomic E-state index is 13.1. The molecule has 0 saturated carbocycles. The number of fused-ring (bicyclic) bond motifs is 1. The topological polar surface area (TPSA) is 103 Å². The smallest absolute Gasteiger partial charge is 0.245 e. The first-order chi connectivity index (χ1) is 16.9. The molecule has 4 N–H and O–H groups in total. The lowest BCUT2D eigenvalue weighted by atomic mass is 9.98. The van der Waals surface area contributed by atoms with Gasteiger partial charge in [-0.25, -0.2) is 0 Å². The summed E-state index contributed by atoms with van der Waals surface area (Å²) in [7, 11) is 4.56. The quantitative estimate of drug-likeness (QED) is 0.460. The number of phenols is 1. The van der Waals surface area contributed by atoms with Crippen molar-refractivity contribution in [2.75, 3.05) is 26.6 Å². The van der Waals surface area contributed by atoms with Crippen LogP contribution in [0.5, 0.6) is 23.0 Å². The Kier molecular flexibility index (Phi) is 6.80. The number of phenolic OH excluding ortho intramolecular Hbond substituents is 1. The molecule has 1 unspecified atom stereocenters. The van der Waals surface area contributed by atoms with Crippen molar-refractivity contribution >= 4 is 28.8 Å².